The SMILES string of the molecule is CCCNC1CC(CCCO)CN(C2CCCC2)C1. The van der Waals surface area contributed by atoms with E-state index in [0.717, 1.165) is 24.9 Å². The van der Waals surface area contributed by atoms with Crippen molar-refractivity contribution in [3.63, 3.8) is 0 Å². The third-order valence-corrected chi connectivity index (χ3v) is 4.86. The lowest BCUT2D eigenvalue weighted by Crippen LogP contribution is -2.52. The molecule has 3 nitrogen and oxygen atoms in total. The third-order valence-electron chi connectivity index (χ3n) is 4.86. The van der Waals surface area contributed by atoms with Crippen LogP contribution in [0.4, 0.5) is 0 Å². The number of rotatable bonds is 7. The molecule has 0 aromatic rings. The molecule has 1 aliphatic carbocycles. The van der Waals surface area contributed by atoms with Crippen molar-refractivity contribution in [2.75, 3.05) is 26.2 Å². The van der Waals surface area contributed by atoms with Crippen LogP contribution in [0.15, 0.2) is 0 Å². The second-order valence-corrected chi connectivity index (χ2v) is 6.51. The number of aliphatic hydroxyl groups excluding tert-OH is 1. The molecule has 19 heavy (non-hydrogen) atoms. The maximum atomic E-state index is 9.05. The Balaban J connectivity index is 1.86. The van der Waals surface area contributed by atoms with E-state index in [-0.39, 0.29) is 0 Å². The zero-order valence-corrected chi connectivity index (χ0v) is 12.6. The van der Waals surface area contributed by atoms with E-state index in [1.807, 2.05) is 0 Å². The quantitative estimate of drug-likeness (QED) is 0.744. The van der Waals surface area contributed by atoms with E-state index in [9.17, 15) is 0 Å². The minimum atomic E-state index is 0.354. The molecule has 2 aliphatic rings. The molecule has 0 aromatic carbocycles. The minimum absolute atomic E-state index is 0.354. The van der Waals surface area contributed by atoms with E-state index in [1.54, 1.807) is 0 Å². The zero-order chi connectivity index (χ0) is 13.5. The van der Waals surface area contributed by atoms with Gasteiger partial charge in [-0.25, -0.2) is 0 Å². The number of hydrogen-bond acceptors (Lipinski definition) is 3. The van der Waals surface area contributed by atoms with Crippen LogP contribution in [-0.4, -0.2) is 48.3 Å². The van der Waals surface area contributed by atoms with Gasteiger partial charge in [0.1, 0.15) is 0 Å². The molecule has 112 valence electrons. The predicted octanol–water partition coefficient (Wildman–Crippen LogP) is 2.39. The van der Waals surface area contributed by atoms with Crippen LogP contribution in [0.3, 0.4) is 0 Å². The number of nitrogens with one attached hydrogen (secondary N) is 1. The molecule has 2 atom stereocenters. The van der Waals surface area contributed by atoms with Gasteiger partial charge in [-0.15, -0.1) is 0 Å². The van der Waals surface area contributed by atoms with Crippen LogP contribution in [-0.2, 0) is 0 Å². The van der Waals surface area contributed by atoms with E-state index in [1.165, 1.54) is 58.0 Å². The Morgan fingerprint density at radius 1 is 1.21 bits per heavy atom. The van der Waals surface area contributed by atoms with Gasteiger partial charge in [0.05, 0.1) is 0 Å². The topological polar surface area (TPSA) is 35.5 Å². The lowest BCUT2D eigenvalue weighted by atomic mass is 9.89. The average Bonchev–Trinajstić information content (AvgIpc) is 2.97. The normalized spacial score (nSPS) is 30.0. The van der Waals surface area contributed by atoms with Gasteiger partial charge in [0.2, 0.25) is 0 Å². The summed E-state index contributed by atoms with van der Waals surface area (Å²) < 4.78 is 0. The van der Waals surface area contributed by atoms with Crippen LogP contribution >= 0.6 is 0 Å². The van der Waals surface area contributed by atoms with Crippen molar-refractivity contribution in [2.24, 2.45) is 5.92 Å². The molecule has 0 aromatic heterocycles. The van der Waals surface area contributed by atoms with Crippen LogP contribution < -0.4 is 5.32 Å². The van der Waals surface area contributed by atoms with E-state index >= 15 is 0 Å². The third kappa shape index (κ3) is 4.73. The summed E-state index contributed by atoms with van der Waals surface area (Å²) in [6.45, 7) is 6.27. The summed E-state index contributed by atoms with van der Waals surface area (Å²) in [5.41, 5.74) is 0. The highest BCUT2D eigenvalue weighted by molar-refractivity contribution is 4.88. The van der Waals surface area contributed by atoms with E-state index < -0.39 is 0 Å². The van der Waals surface area contributed by atoms with E-state index in [4.69, 9.17) is 5.11 Å². The van der Waals surface area contributed by atoms with E-state index in [2.05, 4.69) is 17.1 Å². The van der Waals surface area contributed by atoms with Crippen molar-refractivity contribution in [3.8, 4) is 0 Å². The van der Waals surface area contributed by atoms with Gasteiger partial charge < -0.3 is 10.4 Å². The largest absolute Gasteiger partial charge is 0.396 e. The molecule has 2 rings (SSSR count). The van der Waals surface area contributed by atoms with Gasteiger partial charge in [-0.1, -0.05) is 19.8 Å². The number of piperidine rings is 1. The van der Waals surface area contributed by atoms with Gasteiger partial charge in [0.25, 0.3) is 0 Å². The van der Waals surface area contributed by atoms with Gasteiger partial charge in [0, 0.05) is 31.8 Å². The lowest BCUT2D eigenvalue weighted by molar-refractivity contribution is 0.0919. The first-order valence-electron chi connectivity index (χ1n) is 8.41. The molecule has 3 heteroatoms. The Morgan fingerprint density at radius 2 is 2.00 bits per heavy atom. The Kier molecular flexibility index (Phi) is 6.62. The van der Waals surface area contributed by atoms with Crippen LogP contribution in [0.5, 0.6) is 0 Å². The molecule has 1 saturated heterocycles. The number of likely N-dealkylation sites (tertiary alicyclic amines) is 1. The maximum Gasteiger partial charge on any atom is 0.0431 e. The van der Waals surface area contributed by atoms with Crippen molar-refractivity contribution in [2.45, 2.75) is 70.4 Å². The first kappa shape index (κ1) is 15.3. The first-order valence-corrected chi connectivity index (χ1v) is 8.41. The van der Waals surface area contributed by atoms with Crippen molar-refractivity contribution in [1.82, 2.24) is 10.2 Å². The lowest BCUT2D eigenvalue weighted by Gasteiger charge is -2.41. The van der Waals surface area contributed by atoms with Crippen molar-refractivity contribution in [3.05, 3.63) is 0 Å². The summed E-state index contributed by atoms with van der Waals surface area (Å²) in [6, 6.07) is 1.53. The molecule has 2 N–H and O–H groups in total. The second-order valence-electron chi connectivity index (χ2n) is 6.51. The van der Waals surface area contributed by atoms with Crippen molar-refractivity contribution in [1.29, 1.82) is 0 Å². The summed E-state index contributed by atoms with van der Waals surface area (Å²) in [5.74, 6) is 0.788. The van der Waals surface area contributed by atoms with Gasteiger partial charge >= 0.3 is 0 Å². The fourth-order valence-electron chi connectivity index (χ4n) is 3.89. The summed E-state index contributed by atoms with van der Waals surface area (Å²) in [7, 11) is 0. The Bertz CT molecular complexity index is 225. The van der Waals surface area contributed by atoms with Crippen LogP contribution in [0.1, 0.15) is 58.3 Å². The molecule has 1 heterocycles. The molecule has 1 aliphatic heterocycles. The number of nitrogens with zero attached hydrogens (tertiary/aromatic N) is 1. The molecule has 1 saturated carbocycles. The van der Waals surface area contributed by atoms with Gasteiger partial charge in [0.15, 0.2) is 0 Å². The fraction of sp³-hybridized carbons (Fsp3) is 1.00. The minimum Gasteiger partial charge on any atom is -0.396 e. The highest BCUT2D eigenvalue weighted by Gasteiger charge is 2.31. The smallest absolute Gasteiger partial charge is 0.0431 e. The average molecular weight is 268 g/mol. The monoisotopic (exact) mass is 268 g/mol. The molecule has 0 radical (unpaired) electrons. The predicted molar refractivity (Wildman–Crippen MR) is 80.3 cm³/mol. The van der Waals surface area contributed by atoms with Crippen LogP contribution in [0.2, 0.25) is 0 Å². The standard InChI is InChI=1S/C16H32N2O/c1-2-9-17-15-11-14(6-5-10-19)12-18(13-15)16-7-3-4-8-16/h14-17,19H,2-13H2,1H3. The van der Waals surface area contributed by atoms with Gasteiger partial charge in [-0.2, -0.15) is 0 Å². The molecular weight excluding hydrogens is 236 g/mol. The van der Waals surface area contributed by atoms with Crippen molar-refractivity contribution < 1.29 is 5.11 Å². The molecule has 2 fully saturated rings. The van der Waals surface area contributed by atoms with E-state index in [0.29, 0.717) is 12.6 Å². The molecule has 0 spiro atoms. The molecular formula is C16H32N2O. The van der Waals surface area contributed by atoms with Crippen LogP contribution in [0.25, 0.3) is 0 Å². The number of hydrogen-bond donors (Lipinski definition) is 2. The summed E-state index contributed by atoms with van der Waals surface area (Å²) in [6.07, 6.45) is 10.4. The summed E-state index contributed by atoms with van der Waals surface area (Å²) in [5, 5.41) is 12.8. The first-order chi connectivity index (χ1) is 9.33. The second kappa shape index (κ2) is 8.23. The van der Waals surface area contributed by atoms with Crippen LogP contribution in [0, 0.1) is 5.92 Å². The zero-order valence-electron chi connectivity index (χ0n) is 12.6. The van der Waals surface area contributed by atoms with Gasteiger partial charge in [-0.05, 0) is 51.0 Å². The summed E-state index contributed by atoms with van der Waals surface area (Å²) >= 11 is 0. The maximum absolute atomic E-state index is 9.05. The number of aliphatic hydroxyl groups is 1. The molecule has 2 unspecified atom stereocenters. The molecule has 0 amide bonds. The summed E-state index contributed by atoms with van der Waals surface area (Å²) in [4.78, 5) is 2.76. The highest BCUT2D eigenvalue weighted by atomic mass is 16.2. The van der Waals surface area contributed by atoms with Gasteiger partial charge in [-0.3, -0.25) is 4.90 Å². The Morgan fingerprint density at radius 3 is 2.68 bits per heavy atom. The molecule has 0 bridgehead atoms. The van der Waals surface area contributed by atoms with Crippen molar-refractivity contribution >= 4 is 0 Å². The Labute approximate surface area is 118 Å². The Hall–Kier alpha value is -0.120. The fourth-order valence-corrected chi connectivity index (χ4v) is 3.89. The highest BCUT2D eigenvalue weighted by Crippen LogP contribution is 2.29.